The molecule has 0 bridgehead atoms. The first-order valence-electron chi connectivity index (χ1n) is 7.95. The van der Waals surface area contributed by atoms with Gasteiger partial charge in [-0.3, -0.25) is 4.79 Å². The quantitative estimate of drug-likeness (QED) is 0.533. The van der Waals surface area contributed by atoms with Crippen LogP contribution in [-0.2, 0) is 11.2 Å². The van der Waals surface area contributed by atoms with Crippen LogP contribution in [0.1, 0.15) is 16.9 Å². The lowest BCUT2D eigenvalue weighted by molar-refractivity contribution is -0.114. The molecule has 1 amide bonds. The summed E-state index contributed by atoms with van der Waals surface area (Å²) in [4.78, 5) is 20.2. The molecule has 4 nitrogen and oxygen atoms in total. The van der Waals surface area contributed by atoms with E-state index in [2.05, 4.69) is 21.4 Å². The molecule has 2 aromatic carbocycles. The zero-order chi connectivity index (χ0) is 18.1. The lowest BCUT2D eigenvalue weighted by Crippen LogP contribution is -2.05. The SMILES string of the molecule is CC(=O)Nc1ccc(-c2csc(Cc3nc4ccccc4s3)n2)c(F)c1. The Morgan fingerprint density at radius 3 is 2.77 bits per heavy atom. The maximum absolute atomic E-state index is 14.4. The molecule has 0 saturated heterocycles. The summed E-state index contributed by atoms with van der Waals surface area (Å²) in [5.74, 6) is -0.642. The molecule has 0 aliphatic rings. The van der Waals surface area contributed by atoms with Gasteiger partial charge >= 0.3 is 0 Å². The number of hydrogen-bond acceptors (Lipinski definition) is 5. The monoisotopic (exact) mass is 383 g/mol. The Balaban J connectivity index is 1.56. The first kappa shape index (κ1) is 16.8. The van der Waals surface area contributed by atoms with Gasteiger partial charge in [0.25, 0.3) is 0 Å². The Bertz CT molecular complexity index is 1070. The van der Waals surface area contributed by atoms with E-state index in [4.69, 9.17) is 0 Å². The third-order valence-corrected chi connectivity index (χ3v) is 5.64. The molecule has 0 aliphatic heterocycles. The summed E-state index contributed by atoms with van der Waals surface area (Å²) in [5, 5.41) is 6.30. The lowest BCUT2D eigenvalue weighted by atomic mass is 10.1. The summed E-state index contributed by atoms with van der Waals surface area (Å²) in [6.45, 7) is 1.39. The van der Waals surface area contributed by atoms with Gasteiger partial charge in [0.15, 0.2) is 0 Å². The van der Waals surface area contributed by atoms with Gasteiger partial charge in [-0.15, -0.1) is 22.7 Å². The second-order valence-electron chi connectivity index (χ2n) is 5.75. The maximum Gasteiger partial charge on any atom is 0.221 e. The van der Waals surface area contributed by atoms with Crippen molar-refractivity contribution in [2.45, 2.75) is 13.3 Å². The zero-order valence-electron chi connectivity index (χ0n) is 13.8. The molecule has 0 atom stereocenters. The van der Waals surface area contributed by atoms with Crippen molar-refractivity contribution in [3.05, 3.63) is 63.7 Å². The predicted molar refractivity (Wildman–Crippen MR) is 104 cm³/mol. The van der Waals surface area contributed by atoms with E-state index >= 15 is 0 Å². The van der Waals surface area contributed by atoms with Crippen molar-refractivity contribution in [1.82, 2.24) is 9.97 Å². The standard InChI is InChI=1S/C19H14FN3OS2/c1-11(24)21-12-6-7-13(14(20)8-12)16-10-25-18(23-16)9-19-22-15-4-2-3-5-17(15)26-19/h2-8,10H,9H2,1H3,(H,21,24). The van der Waals surface area contributed by atoms with Gasteiger partial charge < -0.3 is 5.32 Å². The highest BCUT2D eigenvalue weighted by atomic mass is 32.1. The van der Waals surface area contributed by atoms with Gasteiger partial charge in [0.2, 0.25) is 5.91 Å². The second kappa shape index (κ2) is 6.93. The molecule has 0 radical (unpaired) electrons. The third-order valence-electron chi connectivity index (χ3n) is 3.76. The normalized spacial score (nSPS) is 11.0. The number of nitrogens with one attached hydrogen (secondary N) is 1. The number of halogens is 1. The third kappa shape index (κ3) is 3.49. The molecule has 2 heterocycles. The van der Waals surface area contributed by atoms with Crippen molar-refractivity contribution in [2.75, 3.05) is 5.32 Å². The summed E-state index contributed by atoms with van der Waals surface area (Å²) >= 11 is 3.14. The van der Waals surface area contributed by atoms with E-state index in [1.165, 1.54) is 24.3 Å². The van der Waals surface area contributed by atoms with Gasteiger partial charge in [-0.2, -0.15) is 0 Å². The smallest absolute Gasteiger partial charge is 0.221 e. The molecule has 4 rings (SSSR count). The Morgan fingerprint density at radius 2 is 2.00 bits per heavy atom. The predicted octanol–water partition coefficient (Wildman–Crippen LogP) is 5.11. The lowest BCUT2D eigenvalue weighted by Gasteiger charge is -2.04. The fourth-order valence-corrected chi connectivity index (χ4v) is 4.51. The van der Waals surface area contributed by atoms with Crippen LogP contribution in [0.2, 0.25) is 0 Å². The number of carbonyl (C=O) groups is 1. The molecule has 4 aromatic rings. The van der Waals surface area contributed by atoms with Crippen LogP contribution in [0.15, 0.2) is 47.8 Å². The van der Waals surface area contributed by atoms with Crippen molar-refractivity contribution in [1.29, 1.82) is 0 Å². The van der Waals surface area contributed by atoms with Crippen LogP contribution < -0.4 is 5.32 Å². The Hall–Kier alpha value is -2.64. The first-order chi connectivity index (χ1) is 12.6. The molecule has 7 heteroatoms. The van der Waals surface area contributed by atoms with E-state index in [0.717, 1.165) is 20.2 Å². The van der Waals surface area contributed by atoms with Crippen LogP contribution in [0, 0.1) is 5.82 Å². The molecule has 0 saturated carbocycles. The fraction of sp³-hybridized carbons (Fsp3) is 0.105. The van der Waals surface area contributed by atoms with Crippen LogP contribution >= 0.6 is 22.7 Å². The summed E-state index contributed by atoms with van der Waals surface area (Å²) in [6, 6.07) is 12.6. The summed E-state index contributed by atoms with van der Waals surface area (Å²) in [6.07, 6.45) is 0.635. The topological polar surface area (TPSA) is 54.9 Å². The molecule has 0 spiro atoms. The highest BCUT2D eigenvalue weighted by Crippen LogP contribution is 2.29. The van der Waals surface area contributed by atoms with Gasteiger partial charge in [-0.05, 0) is 30.3 Å². The highest BCUT2D eigenvalue weighted by molar-refractivity contribution is 7.18. The van der Waals surface area contributed by atoms with Gasteiger partial charge in [0.1, 0.15) is 15.8 Å². The zero-order valence-corrected chi connectivity index (χ0v) is 15.5. The van der Waals surface area contributed by atoms with Crippen molar-refractivity contribution in [2.24, 2.45) is 0 Å². The summed E-state index contributed by atoms with van der Waals surface area (Å²) in [5.41, 5.74) is 2.44. The molecule has 2 aromatic heterocycles. The number of anilines is 1. The summed E-state index contributed by atoms with van der Waals surface area (Å²) < 4.78 is 15.5. The average molecular weight is 383 g/mol. The van der Waals surface area contributed by atoms with Crippen LogP contribution in [-0.4, -0.2) is 15.9 Å². The molecule has 130 valence electrons. The minimum atomic E-state index is -0.409. The molecular formula is C19H14FN3OS2. The first-order valence-corrected chi connectivity index (χ1v) is 9.64. The minimum Gasteiger partial charge on any atom is -0.326 e. The number of hydrogen-bond donors (Lipinski definition) is 1. The number of rotatable bonds is 4. The van der Waals surface area contributed by atoms with E-state index in [0.29, 0.717) is 23.4 Å². The second-order valence-corrected chi connectivity index (χ2v) is 7.81. The highest BCUT2D eigenvalue weighted by Gasteiger charge is 2.12. The van der Waals surface area contributed by atoms with Crippen molar-refractivity contribution < 1.29 is 9.18 Å². The van der Waals surface area contributed by atoms with Crippen molar-refractivity contribution >= 4 is 44.5 Å². The number of thiazole rings is 2. The number of amides is 1. The van der Waals surface area contributed by atoms with E-state index in [1.54, 1.807) is 23.5 Å². The molecule has 1 N–H and O–H groups in total. The molecule has 26 heavy (non-hydrogen) atoms. The molecule has 0 fully saturated rings. The Kier molecular flexibility index (Phi) is 4.48. The number of benzene rings is 2. The van der Waals surface area contributed by atoms with Crippen LogP contribution in [0.25, 0.3) is 21.5 Å². The number of carbonyl (C=O) groups excluding carboxylic acids is 1. The number of aromatic nitrogens is 2. The molecule has 0 aliphatic carbocycles. The van der Waals surface area contributed by atoms with Crippen molar-refractivity contribution in [3.8, 4) is 11.3 Å². The van der Waals surface area contributed by atoms with E-state index in [9.17, 15) is 9.18 Å². The van der Waals surface area contributed by atoms with Gasteiger partial charge in [-0.1, -0.05) is 12.1 Å². The molecule has 0 unspecified atom stereocenters. The summed E-state index contributed by atoms with van der Waals surface area (Å²) in [7, 11) is 0. The minimum absolute atomic E-state index is 0.232. The average Bonchev–Trinajstić information content (AvgIpc) is 3.21. The van der Waals surface area contributed by atoms with Crippen LogP contribution in [0.3, 0.4) is 0 Å². The van der Waals surface area contributed by atoms with Gasteiger partial charge in [0.05, 0.1) is 22.3 Å². The fourth-order valence-electron chi connectivity index (χ4n) is 2.64. The van der Waals surface area contributed by atoms with Crippen molar-refractivity contribution in [3.63, 3.8) is 0 Å². The molecular weight excluding hydrogens is 369 g/mol. The van der Waals surface area contributed by atoms with Crippen LogP contribution in [0.5, 0.6) is 0 Å². The van der Waals surface area contributed by atoms with Gasteiger partial charge in [0, 0.05) is 23.6 Å². The van der Waals surface area contributed by atoms with E-state index in [-0.39, 0.29) is 5.91 Å². The number of nitrogens with zero attached hydrogens (tertiary/aromatic N) is 2. The van der Waals surface area contributed by atoms with Crippen LogP contribution in [0.4, 0.5) is 10.1 Å². The van der Waals surface area contributed by atoms with E-state index in [1.807, 2.05) is 23.6 Å². The van der Waals surface area contributed by atoms with E-state index < -0.39 is 5.82 Å². The largest absolute Gasteiger partial charge is 0.326 e. The maximum atomic E-state index is 14.4. The Labute approximate surface area is 157 Å². The number of fused-ring (bicyclic) bond motifs is 1. The van der Waals surface area contributed by atoms with Gasteiger partial charge in [-0.25, -0.2) is 14.4 Å². The Morgan fingerprint density at radius 1 is 1.15 bits per heavy atom. The number of para-hydroxylation sites is 1.